The molecular weight excluding hydrogens is 356 g/mol. The molecule has 0 spiro atoms. The molecule has 0 fully saturated rings. The lowest BCUT2D eigenvalue weighted by molar-refractivity contribution is -0.136. The van der Waals surface area contributed by atoms with E-state index in [2.05, 4.69) is 15.9 Å². The van der Waals surface area contributed by atoms with Gasteiger partial charge in [-0.2, -0.15) is 0 Å². The molecule has 0 heterocycles. The van der Waals surface area contributed by atoms with Crippen LogP contribution in [0.4, 0.5) is 0 Å². The van der Waals surface area contributed by atoms with Crippen LogP contribution in [0.1, 0.15) is 11.1 Å². The first kappa shape index (κ1) is 15.9. The zero-order valence-electron chi connectivity index (χ0n) is 11.7. The minimum atomic E-state index is -0.469. The molecular formula is C16H14BrClO3. The molecule has 0 radical (unpaired) electrons. The molecule has 2 aromatic rings. The molecule has 0 aliphatic carbocycles. The maximum Gasteiger partial charge on any atom is 0.349 e. The van der Waals surface area contributed by atoms with Gasteiger partial charge < -0.3 is 9.47 Å². The van der Waals surface area contributed by atoms with E-state index in [1.807, 2.05) is 26.0 Å². The Hall–Kier alpha value is -1.52. The van der Waals surface area contributed by atoms with Crippen LogP contribution in [0.5, 0.6) is 11.5 Å². The van der Waals surface area contributed by atoms with Gasteiger partial charge in [-0.1, -0.05) is 39.7 Å². The topological polar surface area (TPSA) is 35.5 Å². The summed E-state index contributed by atoms with van der Waals surface area (Å²) in [6, 6.07) is 10.8. The monoisotopic (exact) mass is 368 g/mol. The quantitative estimate of drug-likeness (QED) is 0.578. The molecule has 3 nitrogen and oxygen atoms in total. The molecule has 0 aliphatic heterocycles. The summed E-state index contributed by atoms with van der Waals surface area (Å²) in [6.07, 6.45) is 0. The van der Waals surface area contributed by atoms with Crippen molar-refractivity contribution in [2.75, 3.05) is 6.61 Å². The number of rotatable bonds is 4. The summed E-state index contributed by atoms with van der Waals surface area (Å²) in [4.78, 5) is 11.9. The van der Waals surface area contributed by atoms with E-state index < -0.39 is 5.97 Å². The molecule has 2 aromatic carbocycles. The summed E-state index contributed by atoms with van der Waals surface area (Å²) < 4.78 is 11.7. The van der Waals surface area contributed by atoms with Crippen molar-refractivity contribution in [1.29, 1.82) is 0 Å². The summed E-state index contributed by atoms with van der Waals surface area (Å²) in [5, 5.41) is 0.460. The Labute approximate surface area is 137 Å². The van der Waals surface area contributed by atoms with Gasteiger partial charge in [-0.3, -0.25) is 0 Å². The van der Waals surface area contributed by atoms with E-state index in [9.17, 15) is 4.79 Å². The van der Waals surface area contributed by atoms with Crippen LogP contribution in [-0.4, -0.2) is 12.6 Å². The Balaban J connectivity index is 2.01. The van der Waals surface area contributed by atoms with Gasteiger partial charge in [-0.05, 0) is 49.2 Å². The molecule has 21 heavy (non-hydrogen) atoms. The third kappa shape index (κ3) is 4.22. The second-order valence-corrected chi connectivity index (χ2v) is 5.88. The fourth-order valence-corrected chi connectivity index (χ4v) is 2.78. The number of carbonyl (C=O) groups is 1. The van der Waals surface area contributed by atoms with Crippen LogP contribution in [0, 0.1) is 13.8 Å². The lowest BCUT2D eigenvalue weighted by Crippen LogP contribution is -2.18. The highest BCUT2D eigenvalue weighted by atomic mass is 79.9. The zero-order chi connectivity index (χ0) is 15.4. The second kappa shape index (κ2) is 6.96. The molecule has 0 unspecified atom stereocenters. The zero-order valence-corrected chi connectivity index (χ0v) is 14.0. The van der Waals surface area contributed by atoms with E-state index >= 15 is 0 Å². The van der Waals surface area contributed by atoms with E-state index in [0.29, 0.717) is 16.5 Å². The first-order valence-electron chi connectivity index (χ1n) is 6.32. The van der Waals surface area contributed by atoms with Crippen molar-refractivity contribution in [2.45, 2.75) is 13.8 Å². The maximum absolute atomic E-state index is 11.9. The van der Waals surface area contributed by atoms with E-state index in [-0.39, 0.29) is 6.61 Å². The smallest absolute Gasteiger partial charge is 0.349 e. The van der Waals surface area contributed by atoms with Gasteiger partial charge in [-0.15, -0.1) is 0 Å². The molecule has 0 amide bonds. The number of carbonyl (C=O) groups excluding carboxylic acids is 1. The van der Waals surface area contributed by atoms with Gasteiger partial charge in [0, 0.05) is 4.47 Å². The SMILES string of the molecule is Cc1cc(Br)cc(C)c1OC(=O)COc1ccccc1Cl. The average molecular weight is 370 g/mol. The van der Waals surface area contributed by atoms with Gasteiger partial charge in [0.25, 0.3) is 0 Å². The summed E-state index contributed by atoms with van der Waals surface area (Å²) in [5.74, 6) is 0.551. The van der Waals surface area contributed by atoms with Crippen molar-refractivity contribution < 1.29 is 14.3 Å². The Morgan fingerprint density at radius 3 is 2.43 bits per heavy atom. The van der Waals surface area contributed by atoms with Crippen molar-refractivity contribution in [3.05, 3.63) is 57.0 Å². The summed E-state index contributed by atoms with van der Waals surface area (Å²) in [5.41, 5.74) is 1.76. The lowest BCUT2D eigenvalue weighted by Gasteiger charge is -2.12. The average Bonchev–Trinajstić information content (AvgIpc) is 2.42. The fraction of sp³-hybridized carbons (Fsp3) is 0.188. The van der Waals surface area contributed by atoms with Gasteiger partial charge in [0.15, 0.2) is 6.61 Å². The molecule has 0 bridgehead atoms. The van der Waals surface area contributed by atoms with Crippen LogP contribution in [0.3, 0.4) is 0 Å². The van der Waals surface area contributed by atoms with Crippen LogP contribution >= 0.6 is 27.5 Å². The standard InChI is InChI=1S/C16H14BrClO3/c1-10-7-12(17)8-11(2)16(10)21-15(19)9-20-14-6-4-3-5-13(14)18/h3-8H,9H2,1-2H3. The summed E-state index contributed by atoms with van der Waals surface area (Å²) in [6.45, 7) is 3.57. The Morgan fingerprint density at radius 2 is 1.81 bits per heavy atom. The van der Waals surface area contributed by atoms with Gasteiger partial charge in [0.2, 0.25) is 0 Å². The first-order valence-corrected chi connectivity index (χ1v) is 7.49. The van der Waals surface area contributed by atoms with Crippen molar-refractivity contribution in [3.8, 4) is 11.5 Å². The Bertz CT molecular complexity index is 647. The lowest BCUT2D eigenvalue weighted by atomic mass is 10.1. The molecule has 110 valence electrons. The number of halogens is 2. The molecule has 0 saturated heterocycles. The maximum atomic E-state index is 11.9. The molecule has 0 aliphatic rings. The van der Waals surface area contributed by atoms with Crippen LogP contribution in [-0.2, 0) is 4.79 Å². The van der Waals surface area contributed by atoms with E-state index in [1.54, 1.807) is 24.3 Å². The fourth-order valence-electron chi connectivity index (χ4n) is 1.90. The van der Waals surface area contributed by atoms with E-state index in [1.165, 1.54) is 0 Å². The number of benzene rings is 2. The van der Waals surface area contributed by atoms with Crippen LogP contribution < -0.4 is 9.47 Å². The molecule has 2 rings (SSSR count). The van der Waals surface area contributed by atoms with Gasteiger partial charge in [0.1, 0.15) is 11.5 Å². The van der Waals surface area contributed by atoms with Crippen LogP contribution in [0.25, 0.3) is 0 Å². The van der Waals surface area contributed by atoms with Crippen molar-refractivity contribution in [3.63, 3.8) is 0 Å². The highest BCUT2D eigenvalue weighted by molar-refractivity contribution is 9.10. The normalized spacial score (nSPS) is 10.3. The number of hydrogen-bond acceptors (Lipinski definition) is 3. The third-order valence-electron chi connectivity index (χ3n) is 2.82. The van der Waals surface area contributed by atoms with Crippen LogP contribution in [0.2, 0.25) is 5.02 Å². The molecule has 0 atom stereocenters. The van der Waals surface area contributed by atoms with Crippen molar-refractivity contribution >= 4 is 33.5 Å². The van der Waals surface area contributed by atoms with Crippen molar-refractivity contribution in [2.24, 2.45) is 0 Å². The number of ether oxygens (including phenoxy) is 2. The predicted molar refractivity (Wildman–Crippen MR) is 86.2 cm³/mol. The number of para-hydroxylation sites is 1. The van der Waals surface area contributed by atoms with Crippen LogP contribution in [0.15, 0.2) is 40.9 Å². The summed E-state index contributed by atoms with van der Waals surface area (Å²) >= 11 is 9.36. The third-order valence-corrected chi connectivity index (χ3v) is 3.59. The number of aryl methyl sites for hydroxylation is 2. The molecule has 5 heteroatoms. The van der Waals surface area contributed by atoms with Gasteiger partial charge >= 0.3 is 5.97 Å². The predicted octanol–water partition coefficient (Wildman–Crippen LogP) is 4.70. The van der Waals surface area contributed by atoms with Gasteiger partial charge in [-0.25, -0.2) is 4.79 Å². The molecule has 0 N–H and O–H groups in total. The van der Waals surface area contributed by atoms with E-state index in [0.717, 1.165) is 15.6 Å². The first-order chi connectivity index (χ1) is 9.97. The molecule has 0 saturated carbocycles. The summed E-state index contributed by atoms with van der Waals surface area (Å²) in [7, 11) is 0. The highest BCUT2D eigenvalue weighted by Gasteiger charge is 2.12. The minimum absolute atomic E-state index is 0.196. The van der Waals surface area contributed by atoms with Crippen molar-refractivity contribution in [1.82, 2.24) is 0 Å². The highest BCUT2D eigenvalue weighted by Crippen LogP contribution is 2.28. The van der Waals surface area contributed by atoms with E-state index in [4.69, 9.17) is 21.1 Å². The molecule has 0 aromatic heterocycles. The minimum Gasteiger partial charge on any atom is -0.480 e. The van der Waals surface area contributed by atoms with Gasteiger partial charge in [0.05, 0.1) is 5.02 Å². The Kier molecular flexibility index (Phi) is 5.26. The Morgan fingerprint density at radius 1 is 1.19 bits per heavy atom. The number of hydrogen-bond donors (Lipinski definition) is 0. The number of esters is 1. The largest absolute Gasteiger partial charge is 0.480 e. The second-order valence-electron chi connectivity index (χ2n) is 4.56.